The molecule has 3 aromatic rings. The summed E-state index contributed by atoms with van der Waals surface area (Å²) in [5.74, 6) is 0.887. The molecular formula is C26H32N6O2. The van der Waals surface area contributed by atoms with E-state index in [-0.39, 0.29) is 18.1 Å². The number of rotatable bonds is 5. The first kappa shape index (κ1) is 21.6. The fourth-order valence-corrected chi connectivity index (χ4v) is 5.38. The van der Waals surface area contributed by atoms with Gasteiger partial charge >= 0.3 is 0 Å². The van der Waals surface area contributed by atoms with Crippen molar-refractivity contribution in [3.8, 4) is 11.3 Å². The Morgan fingerprint density at radius 3 is 2.44 bits per heavy atom. The lowest BCUT2D eigenvalue weighted by Gasteiger charge is -2.36. The lowest BCUT2D eigenvalue weighted by molar-refractivity contribution is 0.238. The highest BCUT2D eigenvalue weighted by molar-refractivity contribution is 5.92. The predicted molar refractivity (Wildman–Crippen MR) is 134 cm³/mol. The van der Waals surface area contributed by atoms with Crippen LogP contribution in [0.1, 0.15) is 19.3 Å². The molecule has 0 radical (unpaired) electrons. The number of anilines is 2. The summed E-state index contributed by atoms with van der Waals surface area (Å²) in [6.07, 6.45) is 5.21. The first-order valence-corrected chi connectivity index (χ1v) is 12.4. The van der Waals surface area contributed by atoms with Crippen LogP contribution in [0.25, 0.3) is 22.2 Å². The molecule has 1 aromatic carbocycles. The van der Waals surface area contributed by atoms with Crippen molar-refractivity contribution in [2.75, 3.05) is 55.7 Å². The predicted octanol–water partition coefficient (Wildman–Crippen LogP) is 2.10. The maximum atomic E-state index is 13.0. The fraction of sp³-hybridized carbons (Fsp3) is 0.500. The number of aryl methyl sites for hydroxylation is 1. The Balaban J connectivity index is 1.31. The summed E-state index contributed by atoms with van der Waals surface area (Å²) < 4.78 is 1.50. The van der Waals surface area contributed by atoms with Crippen molar-refractivity contribution in [2.24, 2.45) is 13.0 Å². The number of aliphatic hydroxyl groups excluding tert-OH is 1. The second-order valence-electron chi connectivity index (χ2n) is 9.97. The summed E-state index contributed by atoms with van der Waals surface area (Å²) in [6, 6.07) is 11.4. The molecule has 8 nitrogen and oxygen atoms in total. The van der Waals surface area contributed by atoms with Gasteiger partial charge in [0.15, 0.2) is 0 Å². The van der Waals surface area contributed by atoms with Crippen LogP contribution in [-0.4, -0.2) is 76.5 Å². The van der Waals surface area contributed by atoms with E-state index in [0.717, 1.165) is 56.4 Å². The Morgan fingerprint density at radius 2 is 1.76 bits per heavy atom. The molecule has 8 heteroatoms. The van der Waals surface area contributed by atoms with Gasteiger partial charge in [-0.05, 0) is 37.5 Å². The van der Waals surface area contributed by atoms with Crippen LogP contribution in [0, 0.1) is 5.92 Å². The van der Waals surface area contributed by atoms with Gasteiger partial charge in [-0.1, -0.05) is 12.1 Å². The number of nitrogens with zero attached hydrogens (tertiary/aromatic N) is 6. The Hall–Kier alpha value is -2.97. The third-order valence-corrected chi connectivity index (χ3v) is 7.63. The van der Waals surface area contributed by atoms with Crippen LogP contribution in [0.5, 0.6) is 0 Å². The van der Waals surface area contributed by atoms with Crippen molar-refractivity contribution in [3.63, 3.8) is 0 Å². The van der Waals surface area contributed by atoms with Crippen molar-refractivity contribution in [1.29, 1.82) is 0 Å². The highest BCUT2D eigenvalue weighted by Gasteiger charge is 2.31. The lowest BCUT2D eigenvalue weighted by Crippen LogP contribution is -2.47. The van der Waals surface area contributed by atoms with Gasteiger partial charge in [0, 0.05) is 76.1 Å². The van der Waals surface area contributed by atoms with E-state index in [0.29, 0.717) is 23.3 Å². The first-order valence-electron chi connectivity index (χ1n) is 12.4. The molecule has 0 amide bonds. The van der Waals surface area contributed by atoms with Gasteiger partial charge in [0.2, 0.25) is 0 Å². The zero-order chi connectivity index (χ0) is 23.2. The van der Waals surface area contributed by atoms with Crippen molar-refractivity contribution < 1.29 is 5.11 Å². The monoisotopic (exact) mass is 460 g/mol. The summed E-state index contributed by atoms with van der Waals surface area (Å²) in [6.45, 7) is 6.07. The SMILES string of the molecule is Cn1cnc2cc(-c3ccc(N4CCN(C5CC5)CC4)cc3)nc(N3CCC(CO)C3)c2c1=O. The van der Waals surface area contributed by atoms with Gasteiger partial charge in [0.05, 0.1) is 17.5 Å². The molecule has 2 aromatic heterocycles. The largest absolute Gasteiger partial charge is 0.396 e. The van der Waals surface area contributed by atoms with Gasteiger partial charge in [0.25, 0.3) is 5.56 Å². The summed E-state index contributed by atoms with van der Waals surface area (Å²) >= 11 is 0. The normalized spacial score (nSPS) is 21.5. The summed E-state index contributed by atoms with van der Waals surface area (Å²) in [4.78, 5) is 29.7. The number of fused-ring (bicyclic) bond motifs is 1. The molecule has 1 unspecified atom stereocenters. The highest BCUT2D eigenvalue weighted by atomic mass is 16.3. The summed E-state index contributed by atoms with van der Waals surface area (Å²) in [5.41, 5.74) is 3.66. The average Bonchev–Trinajstić information content (AvgIpc) is 3.62. The smallest absolute Gasteiger partial charge is 0.264 e. The molecule has 2 saturated heterocycles. The molecular weight excluding hydrogens is 428 g/mol. The highest BCUT2D eigenvalue weighted by Crippen LogP contribution is 2.32. The van der Waals surface area contributed by atoms with Gasteiger partial charge in [0.1, 0.15) is 11.2 Å². The molecule has 2 aliphatic heterocycles. The molecule has 34 heavy (non-hydrogen) atoms. The summed E-state index contributed by atoms with van der Waals surface area (Å²) in [7, 11) is 1.72. The van der Waals surface area contributed by atoms with Crippen molar-refractivity contribution in [1.82, 2.24) is 19.4 Å². The van der Waals surface area contributed by atoms with Crippen molar-refractivity contribution >= 4 is 22.4 Å². The number of hydrogen-bond acceptors (Lipinski definition) is 7. The summed E-state index contributed by atoms with van der Waals surface area (Å²) in [5, 5.41) is 10.2. The number of benzene rings is 1. The molecule has 0 bridgehead atoms. The number of pyridine rings is 1. The van der Waals surface area contributed by atoms with E-state index in [2.05, 4.69) is 43.9 Å². The molecule has 1 aliphatic carbocycles. The minimum Gasteiger partial charge on any atom is -0.396 e. The Bertz CT molecular complexity index is 1240. The molecule has 1 saturated carbocycles. The van der Waals surface area contributed by atoms with Gasteiger partial charge in [-0.25, -0.2) is 9.97 Å². The molecule has 3 aliphatic rings. The van der Waals surface area contributed by atoms with Crippen LogP contribution in [-0.2, 0) is 7.05 Å². The number of aliphatic hydroxyl groups is 1. The van der Waals surface area contributed by atoms with Gasteiger partial charge in [-0.3, -0.25) is 9.69 Å². The van der Waals surface area contributed by atoms with E-state index >= 15 is 0 Å². The van der Waals surface area contributed by atoms with E-state index in [4.69, 9.17) is 4.98 Å². The fourth-order valence-electron chi connectivity index (χ4n) is 5.38. The van der Waals surface area contributed by atoms with Crippen LogP contribution in [0.4, 0.5) is 11.5 Å². The molecule has 1 N–H and O–H groups in total. The van der Waals surface area contributed by atoms with E-state index in [9.17, 15) is 9.90 Å². The maximum Gasteiger partial charge on any atom is 0.264 e. The number of hydrogen-bond donors (Lipinski definition) is 1. The van der Waals surface area contributed by atoms with E-state index in [1.165, 1.54) is 23.1 Å². The first-order chi connectivity index (χ1) is 16.6. The van der Waals surface area contributed by atoms with Gasteiger partial charge in [-0.2, -0.15) is 0 Å². The molecule has 3 fully saturated rings. The molecule has 4 heterocycles. The number of aromatic nitrogens is 3. The molecule has 1 atom stereocenters. The number of piperazine rings is 1. The minimum atomic E-state index is -0.0906. The quantitative estimate of drug-likeness (QED) is 0.625. The van der Waals surface area contributed by atoms with Crippen LogP contribution in [0.2, 0.25) is 0 Å². The topological polar surface area (TPSA) is 77.7 Å². The second kappa shape index (κ2) is 8.67. The van der Waals surface area contributed by atoms with Crippen LogP contribution in [0.3, 0.4) is 0 Å². The van der Waals surface area contributed by atoms with Gasteiger partial charge < -0.3 is 19.5 Å². The zero-order valence-electron chi connectivity index (χ0n) is 19.7. The minimum absolute atomic E-state index is 0.0906. The van der Waals surface area contributed by atoms with E-state index in [1.807, 2.05) is 6.07 Å². The Morgan fingerprint density at radius 1 is 1.00 bits per heavy atom. The molecule has 0 spiro atoms. The average molecular weight is 461 g/mol. The third kappa shape index (κ3) is 3.95. The Kier molecular flexibility index (Phi) is 5.50. The molecule has 178 valence electrons. The maximum absolute atomic E-state index is 13.0. The van der Waals surface area contributed by atoms with E-state index < -0.39 is 0 Å². The van der Waals surface area contributed by atoms with Crippen LogP contribution in [0.15, 0.2) is 41.5 Å². The standard InChI is InChI=1S/C26H32N6O2/c1-29-17-27-23-14-22(28-25(24(23)26(29)34)32-9-8-18(15-32)16-33)19-2-4-20(5-3-19)30-10-12-31(13-11-30)21-6-7-21/h2-5,14,17-18,21,33H,6-13,15-16H2,1H3. The zero-order valence-corrected chi connectivity index (χ0v) is 19.7. The molecule has 6 rings (SSSR count). The second-order valence-corrected chi connectivity index (χ2v) is 9.97. The third-order valence-electron chi connectivity index (χ3n) is 7.63. The van der Waals surface area contributed by atoms with E-state index in [1.54, 1.807) is 13.4 Å². The lowest BCUT2D eigenvalue weighted by atomic mass is 10.1. The Labute approximate surface area is 199 Å². The van der Waals surface area contributed by atoms with Gasteiger partial charge in [-0.15, -0.1) is 0 Å². The van der Waals surface area contributed by atoms with Crippen LogP contribution >= 0.6 is 0 Å². The van der Waals surface area contributed by atoms with Crippen LogP contribution < -0.4 is 15.4 Å². The van der Waals surface area contributed by atoms with Crippen molar-refractivity contribution in [2.45, 2.75) is 25.3 Å². The van der Waals surface area contributed by atoms with Crippen molar-refractivity contribution in [3.05, 3.63) is 47.0 Å².